The molecule has 1 rings (SSSR count). The first-order valence-corrected chi connectivity index (χ1v) is 9.05. The fourth-order valence-electron chi connectivity index (χ4n) is 2.78. The van der Waals surface area contributed by atoms with Crippen molar-refractivity contribution in [2.45, 2.75) is 66.6 Å². The zero-order chi connectivity index (χ0) is 30.8. The van der Waals surface area contributed by atoms with Gasteiger partial charge in [-0.2, -0.15) is 74.6 Å². The minimum Gasteiger partial charge on any atom is -0.385 e. The number of non-ortho nitro benzene ring substituents is 1. The maximum absolute atomic E-state index is 14.1. The Kier molecular flexibility index (Phi) is 7.89. The molecule has 0 saturated carbocycles. The van der Waals surface area contributed by atoms with Crippen LogP contribution in [0.4, 0.5) is 80.3 Å². The van der Waals surface area contributed by atoms with Crippen molar-refractivity contribution >= 4 is 5.69 Å². The van der Waals surface area contributed by atoms with Crippen LogP contribution < -0.4 is 0 Å². The second kappa shape index (κ2) is 8.97. The maximum Gasteiger partial charge on any atom is 0.460 e. The molecule has 0 bridgehead atoms. The highest BCUT2D eigenvalue weighted by molar-refractivity contribution is 5.35. The molecule has 0 amide bonds. The van der Waals surface area contributed by atoms with Crippen molar-refractivity contribution in [1.29, 1.82) is 0 Å². The van der Waals surface area contributed by atoms with E-state index in [2.05, 4.69) is 0 Å². The van der Waals surface area contributed by atoms with Crippen LogP contribution in [0.1, 0.15) is 18.9 Å². The Morgan fingerprint density at radius 3 is 1.26 bits per heavy atom. The molecule has 38 heavy (non-hydrogen) atoms. The van der Waals surface area contributed by atoms with E-state index >= 15 is 0 Å². The molecule has 0 radical (unpaired) electrons. The Hall–Kier alpha value is -2.61. The molecule has 0 saturated heterocycles. The lowest BCUT2D eigenvalue weighted by Crippen LogP contribution is -2.74. The van der Waals surface area contributed by atoms with Crippen LogP contribution in [0.15, 0.2) is 24.3 Å². The molecule has 0 heterocycles. The molecule has 0 fully saturated rings. The molecule has 0 spiro atoms. The van der Waals surface area contributed by atoms with Gasteiger partial charge in [0.15, 0.2) is 0 Å². The molecule has 0 aliphatic rings. The topological polar surface area (TPSA) is 63.4 Å². The number of alkyl halides is 17. The van der Waals surface area contributed by atoms with Gasteiger partial charge >= 0.3 is 47.6 Å². The van der Waals surface area contributed by atoms with Crippen molar-refractivity contribution in [3.63, 3.8) is 0 Å². The van der Waals surface area contributed by atoms with Gasteiger partial charge in [-0.25, -0.2) is 0 Å². The maximum atomic E-state index is 14.1. The number of nitrogens with zero attached hydrogens (tertiary/aromatic N) is 1. The van der Waals surface area contributed by atoms with Gasteiger partial charge in [0.25, 0.3) is 5.69 Å². The van der Waals surface area contributed by atoms with E-state index in [4.69, 9.17) is 0 Å². The Bertz CT molecular complexity index is 1030. The lowest BCUT2D eigenvalue weighted by molar-refractivity contribution is -0.462. The van der Waals surface area contributed by atoms with Gasteiger partial charge in [-0.15, -0.1) is 0 Å². The molecule has 1 unspecified atom stereocenters. The van der Waals surface area contributed by atoms with Crippen LogP contribution in [0.5, 0.6) is 0 Å². The van der Waals surface area contributed by atoms with E-state index in [-0.39, 0.29) is 6.92 Å². The van der Waals surface area contributed by atoms with Gasteiger partial charge in [0, 0.05) is 12.1 Å². The summed E-state index contributed by atoms with van der Waals surface area (Å²) in [5.74, 6) is -57.6. The average molecular weight is 599 g/mol. The monoisotopic (exact) mass is 599 g/mol. The van der Waals surface area contributed by atoms with E-state index < -0.39 is 75.8 Å². The number of halogens is 17. The smallest absolute Gasteiger partial charge is 0.385 e. The standard InChI is InChI=1S/C17H10F17NO3/c1-9(36,7-2-4-8(5-3-7)35(37)38)6-10(18,19)11(20,21)12(22,23)13(24,25)14(26,27)15(28,29)16(30,31)17(32,33)34/h2-5,36H,6H2,1H3. The number of benzene rings is 1. The molecular formula is C17H10F17NO3. The van der Waals surface area contributed by atoms with Gasteiger partial charge in [0.1, 0.15) is 0 Å². The van der Waals surface area contributed by atoms with E-state index in [0.717, 1.165) is 0 Å². The molecule has 0 aliphatic heterocycles. The predicted molar refractivity (Wildman–Crippen MR) is 88.0 cm³/mol. The van der Waals surface area contributed by atoms with Crippen molar-refractivity contribution < 1.29 is 84.7 Å². The summed E-state index contributed by atoms with van der Waals surface area (Å²) in [5, 5.41) is 20.5. The highest BCUT2D eigenvalue weighted by Crippen LogP contribution is 2.64. The van der Waals surface area contributed by atoms with Crippen LogP contribution in [-0.2, 0) is 5.60 Å². The molecule has 1 N–H and O–H groups in total. The number of nitro groups is 1. The summed E-state index contributed by atoms with van der Waals surface area (Å²) >= 11 is 0. The first-order valence-electron chi connectivity index (χ1n) is 9.05. The highest BCUT2D eigenvalue weighted by atomic mass is 19.4. The zero-order valence-corrected chi connectivity index (χ0v) is 17.7. The summed E-state index contributed by atoms with van der Waals surface area (Å²) in [7, 11) is 0. The number of hydrogen-bond acceptors (Lipinski definition) is 3. The predicted octanol–water partition coefficient (Wildman–Crippen LogP) is 7.20. The molecule has 1 aromatic rings. The number of nitro benzene ring substituents is 1. The zero-order valence-electron chi connectivity index (χ0n) is 17.7. The van der Waals surface area contributed by atoms with Gasteiger partial charge < -0.3 is 5.11 Å². The average Bonchev–Trinajstić information content (AvgIpc) is 2.71. The third-order valence-electron chi connectivity index (χ3n) is 5.05. The van der Waals surface area contributed by atoms with Gasteiger partial charge in [0.05, 0.1) is 16.9 Å². The molecule has 1 aromatic carbocycles. The second-order valence-corrected chi connectivity index (χ2v) is 7.90. The van der Waals surface area contributed by atoms with E-state index in [9.17, 15) is 89.9 Å². The molecule has 21 heteroatoms. The first kappa shape index (κ1) is 33.4. The normalized spacial score (nSPS) is 16.8. The Labute approximate surface area is 198 Å². The van der Waals surface area contributed by atoms with Crippen LogP contribution >= 0.6 is 0 Å². The number of aliphatic hydroxyl groups is 1. The van der Waals surface area contributed by atoms with Crippen LogP contribution in [0, 0.1) is 10.1 Å². The summed E-state index contributed by atoms with van der Waals surface area (Å²) in [5.41, 5.74) is -5.38. The number of rotatable bonds is 10. The van der Waals surface area contributed by atoms with Crippen molar-refractivity contribution in [2.75, 3.05) is 0 Å². The third-order valence-corrected chi connectivity index (χ3v) is 5.05. The summed E-state index contributed by atoms with van der Waals surface area (Å²) in [4.78, 5) is 9.43. The lowest BCUT2D eigenvalue weighted by atomic mass is 9.83. The van der Waals surface area contributed by atoms with Crippen LogP contribution in [0.3, 0.4) is 0 Å². The summed E-state index contributed by atoms with van der Waals surface area (Å²) in [6.07, 6.45) is -11.0. The van der Waals surface area contributed by atoms with Crippen molar-refractivity contribution in [2.24, 2.45) is 0 Å². The largest absolute Gasteiger partial charge is 0.460 e. The Morgan fingerprint density at radius 2 is 0.947 bits per heavy atom. The van der Waals surface area contributed by atoms with Crippen LogP contribution in [-0.4, -0.2) is 57.7 Å². The van der Waals surface area contributed by atoms with E-state index in [1.54, 1.807) is 0 Å². The quantitative estimate of drug-likeness (QED) is 0.176. The van der Waals surface area contributed by atoms with Crippen LogP contribution in [0.25, 0.3) is 0 Å². The molecule has 1 atom stereocenters. The Balaban J connectivity index is 3.59. The third kappa shape index (κ3) is 4.69. The SMILES string of the molecule is CC(O)(CC(F)(F)C(F)(F)C(F)(F)C(F)(F)C(F)(F)C(F)(F)C(F)(F)C(F)(F)F)c1ccc([N+](=O)[O-])cc1. The second-order valence-electron chi connectivity index (χ2n) is 7.90. The van der Waals surface area contributed by atoms with E-state index in [1.807, 2.05) is 0 Å². The van der Waals surface area contributed by atoms with Gasteiger partial charge in [-0.05, 0) is 24.6 Å². The van der Waals surface area contributed by atoms with E-state index in [0.29, 0.717) is 24.3 Å². The minimum atomic E-state index is -8.75. The molecule has 220 valence electrons. The first-order chi connectivity index (χ1) is 16.4. The van der Waals surface area contributed by atoms with Crippen molar-refractivity contribution in [3.8, 4) is 0 Å². The number of hydrogen-bond donors (Lipinski definition) is 1. The van der Waals surface area contributed by atoms with Gasteiger partial charge in [0.2, 0.25) is 0 Å². The fraction of sp³-hybridized carbons (Fsp3) is 0.647. The van der Waals surface area contributed by atoms with Crippen LogP contribution in [0.2, 0.25) is 0 Å². The van der Waals surface area contributed by atoms with Crippen molar-refractivity contribution in [3.05, 3.63) is 39.9 Å². The molecule has 0 aliphatic carbocycles. The molecule has 0 aromatic heterocycles. The van der Waals surface area contributed by atoms with Crippen molar-refractivity contribution in [1.82, 2.24) is 0 Å². The fourth-order valence-corrected chi connectivity index (χ4v) is 2.78. The van der Waals surface area contributed by atoms with Gasteiger partial charge in [-0.1, -0.05) is 0 Å². The van der Waals surface area contributed by atoms with E-state index in [1.165, 1.54) is 0 Å². The molecular weight excluding hydrogens is 589 g/mol. The minimum absolute atomic E-state index is 0.0983. The Morgan fingerprint density at radius 1 is 0.632 bits per heavy atom. The highest BCUT2D eigenvalue weighted by Gasteiger charge is 2.95. The summed E-state index contributed by atoms with van der Waals surface area (Å²) < 4.78 is 226. The molecule has 4 nitrogen and oxygen atoms in total. The lowest BCUT2D eigenvalue weighted by Gasteiger charge is -2.43. The summed E-state index contributed by atoms with van der Waals surface area (Å²) in [6.45, 7) is 0.0983. The van der Waals surface area contributed by atoms with Gasteiger partial charge in [-0.3, -0.25) is 10.1 Å². The summed E-state index contributed by atoms with van der Waals surface area (Å²) in [6, 6.07) is 1.61.